The highest BCUT2D eigenvalue weighted by Gasteiger charge is 2.10. The van der Waals surface area contributed by atoms with Crippen molar-refractivity contribution in [1.82, 2.24) is 10.6 Å². The number of rotatable bonds is 6. The number of nitrogens with zero attached hydrogens (tertiary/aromatic N) is 1. The normalized spacial score (nSPS) is 9.58. The molecule has 6 nitrogen and oxygen atoms in total. The second kappa shape index (κ2) is 8.68. The van der Waals surface area contributed by atoms with Crippen molar-refractivity contribution in [2.45, 2.75) is 13.0 Å². The molecule has 0 aliphatic carbocycles. The van der Waals surface area contributed by atoms with Crippen LogP contribution in [0.4, 0.5) is 5.69 Å². The summed E-state index contributed by atoms with van der Waals surface area (Å²) < 4.78 is 0. The van der Waals surface area contributed by atoms with Crippen LogP contribution in [0.15, 0.2) is 18.2 Å². The van der Waals surface area contributed by atoms with E-state index in [-0.39, 0.29) is 30.5 Å². The summed E-state index contributed by atoms with van der Waals surface area (Å²) in [5.74, 6) is -0.132. The Morgan fingerprint density at radius 2 is 2.16 bits per heavy atom. The highest BCUT2D eigenvalue weighted by molar-refractivity contribution is 6.31. The lowest BCUT2D eigenvalue weighted by atomic mass is 10.2. The second-order valence-corrected chi connectivity index (χ2v) is 4.07. The van der Waals surface area contributed by atoms with Gasteiger partial charge in [-0.15, -0.1) is 12.4 Å². The van der Waals surface area contributed by atoms with Crippen molar-refractivity contribution in [3.8, 4) is 0 Å². The molecule has 106 valence electrons. The van der Waals surface area contributed by atoms with Gasteiger partial charge in [-0.1, -0.05) is 11.6 Å². The van der Waals surface area contributed by atoms with Crippen LogP contribution in [-0.2, 0) is 11.3 Å². The number of non-ortho nitro benzene ring substituents is 1. The molecular formula is C11H15Cl2N3O3. The Morgan fingerprint density at radius 3 is 2.74 bits per heavy atom. The fraction of sp³-hybridized carbons (Fsp3) is 0.364. The van der Waals surface area contributed by atoms with E-state index in [1.54, 1.807) is 7.05 Å². The fourth-order valence-electron chi connectivity index (χ4n) is 1.33. The maximum atomic E-state index is 11.4. The maximum Gasteiger partial charge on any atom is 0.269 e. The topological polar surface area (TPSA) is 84.3 Å². The van der Waals surface area contributed by atoms with E-state index in [2.05, 4.69) is 10.6 Å². The summed E-state index contributed by atoms with van der Waals surface area (Å²) in [5, 5.41) is 16.5. The molecule has 0 unspecified atom stereocenters. The Labute approximate surface area is 122 Å². The van der Waals surface area contributed by atoms with E-state index in [0.717, 1.165) is 0 Å². The Balaban J connectivity index is 0.00000324. The fourth-order valence-corrected chi connectivity index (χ4v) is 1.52. The smallest absolute Gasteiger partial charge is 0.269 e. The van der Waals surface area contributed by atoms with Crippen LogP contribution in [0.25, 0.3) is 0 Å². The van der Waals surface area contributed by atoms with E-state index < -0.39 is 4.92 Å². The van der Waals surface area contributed by atoms with Crippen molar-refractivity contribution in [2.24, 2.45) is 0 Å². The maximum absolute atomic E-state index is 11.4. The molecule has 0 spiro atoms. The van der Waals surface area contributed by atoms with E-state index in [1.165, 1.54) is 18.2 Å². The van der Waals surface area contributed by atoms with Gasteiger partial charge in [0, 0.05) is 36.7 Å². The average Bonchev–Trinajstić information content (AvgIpc) is 2.35. The number of hydrogen-bond acceptors (Lipinski definition) is 4. The molecule has 0 aliphatic rings. The van der Waals surface area contributed by atoms with Crippen LogP contribution in [0.3, 0.4) is 0 Å². The molecule has 0 saturated heterocycles. The number of hydrogen-bond donors (Lipinski definition) is 2. The average molecular weight is 308 g/mol. The summed E-state index contributed by atoms with van der Waals surface area (Å²) in [6.07, 6.45) is 0.350. The first-order valence-corrected chi connectivity index (χ1v) is 5.76. The number of nitrogens with one attached hydrogen (secondary N) is 2. The predicted octanol–water partition coefficient (Wildman–Crippen LogP) is 1.90. The quantitative estimate of drug-likeness (QED) is 0.621. The third-order valence-electron chi connectivity index (χ3n) is 2.32. The molecule has 1 aromatic carbocycles. The van der Waals surface area contributed by atoms with Gasteiger partial charge in [0.25, 0.3) is 5.69 Å². The Bertz CT molecular complexity index is 455. The van der Waals surface area contributed by atoms with Crippen LogP contribution in [0, 0.1) is 10.1 Å². The molecule has 0 radical (unpaired) electrons. The molecular weight excluding hydrogens is 293 g/mol. The summed E-state index contributed by atoms with van der Waals surface area (Å²) in [5.41, 5.74) is 0.488. The summed E-state index contributed by atoms with van der Waals surface area (Å²) in [6, 6.07) is 4.14. The van der Waals surface area contributed by atoms with Gasteiger partial charge in [-0.05, 0) is 18.7 Å². The van der Waals surface area contributed by atoms with Crippen molar-refractivity contribution in [3.05, 3.63) is 38.9 Å². The number of carbonyl (C=O) groups excluding carboxylic acids is 1. The molecule has 0 heterocycles. The molecule has 8 heteroatoms. The van der Waals surface area contributed by atoms with Gasteiger partial charge in [-0.2, -0.15) is 0 Å². The van der Waals surface area contributed by atoms with Gasteiger partial charge in [-0.3, -0.25) is 14.9 Å². The van der Waals surface area contributed by atoms with Gasteiger partial charge in [0.15, 0.2) is 0 Å². The van der Waals surface area contributed by atoms with Gasteiger partial charge in [0.05, 0.1) is 4.92 Å². The van der Waals surface area contributed by atoms with Crippen LogP contribution < -0.4 is 10.6 Å². The summed E-state index contributed by atoms with van der Waals surface area (Å²) >= 11 is 5.90. The zero-order valence-corrected chi connectivity index (χ0v) is 11.9. The lowest BCUT2D eigenvalue weighted by Crippen LogP contribution is -2.26. The van der Waals surface area contributed by atoms with Crippen LogP contribution in [0.5, 0.6) is 0 Å². The standard InChI is InChI=1S/C11H14ClN3O3.ClH/c1-13-5-4-11(16)14-7-8-6-9(15(17)18)2-3-10(8)12;/h2-3,6,13H,4-5,7H2,1H3,(H,14,16);1H. The summed E-state index contributed by atoms with van der Waals surface area (Å²) in [6.45, 7) is 0.761. The van der Waals surface area contributed by atoms with Gasteiger partial charge >= 0.3 is 0 Å². The van der Waals surface area contributed by atoms with Gasteiger partial charge < -0.3 is 10.6 Å². The minimum atomic E-state index is -0.497. The molecule has 0 aliphatic heterocycles. The van der Waals surface area contributed by atoms with Crippen LogP contribution in [0.2, 0.25) is 5.02 Å². The van der Waals surface area contributed by atoms with Crippen molar-refractivity contribution < 1.29 is 9.72 Å². The zero-order chi connectivity index (χ0) is 13.5. The molecule has 0 atom stereocenters. The molecule has 19 heavy (non-hydrogen) atoms. The number of carbonyl (C=O) groups is 1. The molecule has 0 fully saturated rings. The third-order valence-corrected chi connectivity index (χ3v) is 2.69. The number of nitro groups is 1. The second-order valence-electron chi connectivity index (χ2n) is 3.66. The van der Waals surface area contributed by atoms with Crippen molar-refractivity contribution in [2.75, 3.05) is 13.6 Å². The van der Waals surface area contributed by atoms with E-state index >= 15 is 0 Å². The lowest BCUT2D eigenvalue weighted by Gasteiger charge is -2.06. The first-order chi connectivity index (χ1) is 8.54. The van der Waals surface area contributed by atoms with Crippen LogP contribution >= 0.6 is 24.0 Å². The first kappa shape index (κ1) is 17.6. The largest absolute Gasteiger partial charge is 0.352 e. The van der Waals surface area contributed by atoms with E-state index in [0.29, 0.717) is 23.6 Å². The summed E-state index contributed by atoms with van der Waals surface area (Å²) in [7, 11) is 1.75. The monoisotopic (exact) mass is 307 g/mol. The molecule has 0 saturated carbocycles. The highest BCUT2D eigenvalue weighted by atomic mass is 35.5. The van der Waals surface area contributed by atoms with E-state index in [1.807, 2.05) is 0 Å². The molecule has 2 N–H and O–H groups in total. The lowest BCUT2D eigenvalue weighted by molar-refractivity contribution is -0.384. The number of amides is 1. The SMILES string of the molecule is CNCCC(=O)NCc1cc([N+](=O)[O-])ccc1Cl.Cl. The Hall–Kier alpha value is -1.37. The first-order valence-electron chi connectivity index (χ1n) is 5.38. The van der Waals surface area contributed by atoms with Gasteiger partial charge in [0.2, 0.25) is 5.91 Å². The Morgan fingerprint density at radius 1 is 1.47 bits per heavy atom. The molecule has 0 aromatic heterocycles. The minimum absolute atomic E-state index is 0. The van der Waals surface area contributed by atoms with Crippen molar-refractivity contribution in [1.29, 1.82) is 0 Å². The summed E-state index contributed by atoms with van der Waals surface area (Å²) in [4.78, 5) is 21.5. The molecule has 0 bridgehead atoms. The van der Waals surface area contributed by atoms with Crippen LogP contribution in [0.1, 0.15) is 12.0 Å². The Kier molecular flexibility index (Phi) is 8.06. The molecule has 1 amide bonds. The van der Waals surface area contributed by atoms with Gasteiger partial charge in [-0.25, -0.2) is 0 Å². The molecule has 1 rings (SSSR count). The van der Waals surface area contributed by atoms with Crippen molar-refractivity contribution >= 4 is 35.6 Å². The van der Waals surface area contributed by atoms with E-state index in [4.69, 9.17) is 11.6 Å². The number of halogens is 2. The van der Waals surface area contributed by atoms with E-state index in [9.17, 15) is 14.9 Å². The molecule has 1 aromatic rings. The van der Waals surface area contributed by atoms with Crippen LogP contribution in [-0.4, -0.2) is 24.4 Å². The zero-order valence-electron chi connectivity index (χ0n) is 10.3. The van der Waals surface area contributed by atoms with Crippen molar-refractivity contribution in [3.63, 3.8) is 0 Å². The van der Waals surface area contributed by atoms with Gasteiger partial charge in [0.1, 0.15) is 0 Å². The highest BCUT2D eigenvalue weighted by Crippen LogP contribution is 2.21. The number of benzene rings is 1. The third kappa shape index (κ3) is 5.87. The number of nitro benzene ring substituents is 1. The minimum Gasteiger partial charge on any atom is -0.352 e. The predicted molar refractivity (Wildman–Crippen MR) is 75.7 cm³/mol.